The molecular weight excluding hydrogens is 368 g/mol. The molecule has 0 saturated carbocycles. The van der Waals surface area contributed by atoms with Crippen LogP contribution in [-0.2, 0) is 0 Å². The number of hydrogen-bond donors (Lipinski definition) is 1. The second-order valence-corrected chi connectivity index (χ2v) is 7.25. The number of nitrogens with two attached hydrogens (primary N) is 1. The standard InChI is InChI=1S/C22H14N4OS/c1-25-19-18(15-10-6-3-7-11-15)16(13-23)22-26(20(19)24)21(27)17(28-22)12-14-8-4-2-5-9-14/h2-12,18H,24H2/b17-12-. The van der Waals surface area contributed by atoms with Gasteiger partial charge in [0.2, 0.25) is 5.70 Å². The minimum absolute atomic E-state index is 0.0896. The number of hydrogen-bond acceptors (Lipinski definition) is 4. The third-order valence-corrected chi connectivity index (χ3v) is 5.70. The Morgan fingerprint density at radius 2 is 1.79 bits per heavy atom. The van der Waals surface area contributed by atoms with Gasteiger partial charge in [0.1, 0.15) is 10.5 Å². The second kappa shape index (κ2) is 7.03. The zero-order valence-corrected chi connectivity index (χ0v) is 15.5. The quantitative estimate of drug-likeness (QED) is 0.691. The van der Waals surface area contributed by atoms with Gasteiger partial charge in [-0.1, -0.05) is 60.7 Å². The van der Waals surface area contributed by atoms with E-state index < -0.39 is 5.92 Å². The highest BCUT2D eigenvalue weighted by atomic mass is 32.1. The molecule has 2 aromatic carbocycles. The molecule has 1 unspecified atom stereocenters. The van der Waals surface area contributed by atoms with Crippen molar-refractivity contribution in [3.8, 4) is 6.07 Å². The van der Waals surface area contributed by atoms with Crippen molar-refractivity contribution in [2.45, 2.75) is 5.92 Å². The Kier molecular flexibility index (Phi) is 4.41. The predicted molar refractivity (Wildman–Crippen MR) is 110 cm³/mol. The van der Waals surface area contributed by atoms with Crippen LogP contribution in [0, 0.1) is 17.9 Å². The first kappa shape index (κ1) is 17.5. The maximum absolute atomic E-state index is 13.0. The third-order valence-electron chi connectivity index (χ3n) is 4.59. The zero-order chi connectivity index (χ0) is 19.7. The fraction of sp³-hybridized carbons (Fsp3) is 0.0455. The van der Waals surface area contributed by atoms with Crippen LogP contribution in [0.5, 0.6) is 0 Å². The van der Waals surface area contributed by atoms with Gasteiger partial charge in [0.15, 0.2) is 0 Å². The van der Waals surface area contributed by atoms with Crippen molar-refractivity contribution in [3.05, 3.63) is 108 Å². The Labute approximate surface area is 165 Å². The summed E-state index contributed by atoms with van der Waals surface area (Å²) >= 11 is 1.22. The highest BCUT2D eigenvalue weighted by molar-refractivity contribution is 7.07. The molecule has 6 heteroatoms. The number of allylic oxidation sites excluding steroid dienone is 1. The summed E-state index contributed by atoms with van der Waals surface area (Å²) in [5.41, 5.74) is 8.17. The van der Waals surface area contributed by atoms with Gasteiger partial charge in [-0.15, -0.1) is 11.3 Å². The van der Waals surface area contributed by atoms with E-state index in [-0.39, 0.29) is 17.1 Å². The predicted octanol–water partition coefficient (Wildman–Crippen LogP) is 2.21. The maximum Gasteiger partial charge on any atom is 0.273 e. The first-order valence-electron chi connectivity index (χ1n) is 8.51. The molecule has 134 valence electrons. The molecule has 0 fully saturated rings. The normalized spacial score (nSPS) is 16.4. The van der Waals surface area contributed by atoms with E-state index in [9.17, 15) is 10.1 Å². The number of rotatable bonds is 2. The van der Waals surface area contributed by atoms with Crippen LogP contribution in [0.25, 0.3) is 22.3 Å². The smallest absolute Gasteiger partial charge is 0.273 e. The second-order valence-electron chi connectivity index (χ2n) is 6.22. The van der Waals surface area contributed by atoms with Crippen LogP contribution in [0.1, 0.15) is 17.0 Å². The highest BCUT2D eigenvalue weighted by Gasteiger charge is 2.32. The summed E-state index contributed by atoms with van der Waals surface area (Å²) in [7, 11) is 0. The van der Waals surface area contributed by atoms with Gasteiger partial charge in [0, 0.05) is 0 Å². The van der Waals surface area contributed by atoms with Crippen molar-refractivity contribution in [1.82, 2.24) is 4.57 Å². The molecule has 2 heterocycles. The number of thiazole rings is 1. The van der Waals surface area contributed by atoms with E-state index in [2.05, 4.69) is 10.9 Å². The van der Waals surface area contributed by atoms with E-state index >= 15 is 0 Å². The Morgan fingerprint density at radius 1 is 1.14 bits per heavy atom. The lowest BCUT2D eigenvalue weighted by Crippen LogP contribution is -2.38. The van der Waals surface area contributed by atoms with Crippen molar-refractivity contribution in [2.75, 3.05) is 0 Å². The lowest BCUT2D eigenvalue weighted by atomic mass is 9.88. The van der Waals surface area contributed by atoms with Gasteiger partial charge in [0.25, 0.3) is 5.56 Å². The molecule has 2 N–H and O–H groups in total. The largest absolute Gasteiger partial charge is 0.394 e. The molecule has 4 rings (SSSR count). The minimum Gasteiger partial charge on any atom is -0.394 e. The Bertz CT molecular complexity index is 1350. The lowest BCUT2D eigenvalue weighted by Gasteiger charge is -2.22. The van der Waals surface area contributed by atoms with Crippen LogP contribution in [-0.4, -0.2) is 4.57 Å². The molecule has 0 saturated heterocycles. The number of aromatic nitrogens is 1. The molecule has 1 aliphatic heterocycles. The lowest BCUT2D eigenvalue weighted by molar-refractivity contribution is 0.903. The fourth-order valence-electron chi connectivity index (χ4n) is 3.31. The summed E-state index contributed by atoms with van der Waals surface area (Å²) in [6.07, 6.45) is 1.77. The summed E-state index contributed by atoms with van der Waals surface area (Å²) in [6, 6.07) is 21.0. The molecule has 0 amide bonds. The Morgan fingerprint density at radius 3 is 2.39 bits per heavy atom. The van der Waals surface area contributed by atoms with Gasteiger partial charge in [-0.05, 0) is 17.2 Å². The van der Waals surface area contributed by atoms with Crippen LogP contribution < -0.4 is 20.5 Å². The molecule has 1 atom stereocenters. The van der Waals surface area contributed by atoms with Crippen LogP contribution in [0.4, 0.5) is 0 Å². The molecule has 1 aromatic heterocycles. The van der Waals surface area contributed by atoms with E-state index in [1.54, 1.807) is 6.08 Å². The van der Waals surface area contributed by atoms with Gasteiger partial charge >= 0.3 is 0 Å². The van der Waals surface area contributed by atoms with Crippen molar-refractivity contribution in [3.63, 3.8) is 0 Å². The number of benzene rings is 2. The van der Waals surface area contributed by atoms with Gasteiger partial charge < -0.3 is 5.73 Å². The summed E-state index contributed by atoms with van der Waals surface area (Å²) in [4.78, 5) is 16.6. The Balaban J connectivity index is 2.08. The maximum atomic E-state index is 13.0. The van der Waals surface area contributed by atoms with Gasteiger partial charge in [-0.2, -0.15) is 5.26 Å². The molecule has 1 aliphatic rings. The van der Waals surface area contributed by atoms with E-state index in [1.165, 1.54) is 15.9 Å². The molecular formula is C22H14N4OS. The van der Waals surface area contributed by atoms with Crippen LogP contribution in [0.3, 0.4) is 0 Å². The van der Waals surface area contributed by atoms with E-state index in [0.717, 1.165) is 11.1 Å². The van der Waals surface area contributed by atoms with Crippen molar-refractivity contribution in [2.24, 2.45) is 5.73 Å². The van der Waals surface area contributed by atoms with Crippen LogP contribution in [0.2, 0.25) is 0 Å². The minimum atomic E-state index is -0.577. The Hall–Kier alpha value is -3.87. The highest BCUT2D eigenvalue weighted by Crippen LogP contribution is 2.36. The molecule has 28 heavy (non-hydrogen) atoms. The van der Waals surface area contributed by atoms with E-state index in [0.29, 0.717) is 14.8 Å². The summed E-state index contributed by atoms with van der Waals surface area (Å²) in [5, 5.41) is 9.89. The fourth-order valence-corrected chi connectivity index (χ4v) is 4.44. The van der Waals surface area contributed by atoms with Gasteiger partial charge in [-0.25, -0.2) is 4.85 Å². The molecule has 0 aliphatic carbocycles. The van der Waals surface area contributed by atoms with Gasteiger partial charge in [0.05, 0.1) is 28.7 Å². The first-order chi connectivity index (χ1) is 13.7. The summed E-state index contributed by atoms with van der Waals surface area (Å²) < 4.78 is 2.24. The van der Waals surface area contributed by atoms with Crippen molar-refractivity contribution < 1.29 is 0 Å². The third kappa shape index (κ3) is 2.73. The molecule has 5 nitrogen and oxygen atoms in total. The van der Waals surface area contributed by atoms with E-state index in [1.807, 2.05) is 60.7 Å². The zero-order valence-electron chi connectivity index (χ0n) is 14.7. The van der Waals surface area contributed by atoms with Crippen molar-refractivity contribution in [1.29, 1.82) is 5.26 Å². The average molecular weight is 382 g/mol. The topological polar surface area (TPSA) is 76.2 Å². The molecule has 0 spiro atoms. The first-order valence-corrected chi connectivity index (χ1v) is 9.32. The molecule has 0 bridgehead atoms. The SMILES string of the molecule is [C-]#[N+]C1=C(N)n2c(s/c(=C\c3ccccc3)c2=O)=C(C#N)C1c1ccccc1. The number of nitriles is 1. The molecule has 0 radical (unpaired) electrons. The molecule has 3 aromatic rings. The van der Waals surface area contributed by atoms with E-state index in [4.69, 9.17) is 12.3 Å². The number of nitrogens with zero attached hydrogens (tertiary/aromatic N) is 3. The number of fused-ring (bicyclic) bond motifs is 1. The average Bonchev–Trinajstić information content (AvgIpc) is 3.05. The van der Waals surface area contributed by atoms with Crippen molar-refractivity contribution >= 4 is 28.8 Å². The van der Waals surface area contributed by atoms with Gasteiger partial charge in [-0.3, -0.25) is 9.36 Å². The van der Waals surface area contributed by atoms with Crippen LogP contribution >= 0.6 is 11.3 Å². The summed E-state index contributed by atoms with van der Waals surface area (Å²) in [5.74, 6) is -0.488. The van der Waals surface area contributed by atoms with Crippen LogP contribution in [0.15, 0.2) is 71.2 Å². The summed E-state index contributed by atoms with van der Waals surface area (Å²) in [6.45, 7) is 7.62. The monoisotopic (exact) mass is 382 g/mol.